The van der Waals surface area contributed by atoms with E-state index in [1.807, 2.05) is 6.92 Å². The van der Waals surface area contributed by atoms with Gasteiger partial charge in [-0.2, -0.15) is 0 Å². The molecule has 1 heterocycles. The summed E-state index contributed by atoms with van der Waals surface area (Å²) in [6.45, 7) is 7.64. The lowest BCUT2D eigenvalue weighted by atomic mass is 10.0. The minimum absolute atomic E-state index is 0.0588. The van der Waals surface area contributed by atoms with Gasteiger partial charge >= 0.3 is 0 Å². The van der Waals surface area contributed by atoms with Crippen LogP contribution in [0.1, 0.15) is 36.9 Å². The number of nitrogens with zero attached hydrogens (tertiary/aromatic N) is 1. The Bertz CT molecular complexity index is 393. The largest absolute Gasteiger partial charge is 0.385 e. The van der Waals surface area contributed by atoms with Gasteiger partial charge in [-0.05, 0) is 19.3 Å². The van der Waals surface area contributed by atoms with Crippen LogP contribution < -0.4 is 10.6 Å². The van der Waals surface area contributed by atoms with Crippen LogP contribution in [-0.4, -0.2) is 37.2 Å². The van der Waals surface area contributed by atoms with Crippen LogP contribution in [0.3, 0.4) is 0 Å². The highest BCUT2D eigenvalue weighted by Crippen LogP contribution is 2.18. The highest BCUT2D eigenvalue weighted by atomic mass is 32.1. The molecule has 0 aliphatic heterocycles. The van der Waals surface area contributed by atoms with E-state index < -0.39 is 0 Å². The molecule has 0 aliphatic rings. The first-order chi connectivity index (χ1) is 9.08. The number of carbonyl (C=O) groups is 1. The van der Waals surface area contributed by atoms with Gasteiger partial charge in [-0.25, -0.2) is 4.98 Å². The first kappa shape index (κ1) is 15.9. The molecule has 1 aromatic heterocycles. The van der Waals surface area contributed by atoms with E-state index in [0.29, 0.717) is 17.4 Å². The van der Waals surface area contributed by atoms with Gasteiger partial charge in [0, 0.05) is 26.3 Å². The average Bonchev–Trinajstić information content (AvgIpc) is 2.83. The highest BCUT2D eigenvalue weighted by molar-refractivity contribution is 7.17. The van der Waals surface area contributed by atoms with E-state index in [4.69, 9.17) is 4.74 Å². The lowest BCUT2D eigenvalue weighted by Gasteiger charge is -2.21. The predicted molar refractivity (Wildman–Crippen MR) is 78.9 cm³/mol. The molecule has 1 amide bonds. The second-order valence-corrected chi connectivity index (χ2v) is 5.70. The number of ether oxygens (including phenoxy) is 1. The Kier molecular flexibility index (Phi) is 6.80. The first-order valence-corrected chi connectivity index (χ1v) is 7.39. The van der Waals surface area contributed by atoms with Gasteiger partial charge in [0.1, 0.15) is 4.88 Å². The number of carbonyl (C=O) groups excluding carboxylic acids is 1. The fourth-order valence-electron chi connectivity index (χ4n) is 1.67. The van der Waals surface area contributed by atoms with E-state index in [9.17, 15) is 4.79 Å². The topological polar surface area (TPSA) is 63.2 Å². The van der Waals surface area contributed by atoms with E-state index in [1.54, 1.807) is 13.3 Å². The van der Waals surface area contributed by atoms with Crippen LogP contribution in [0.2, 0.25) is 0 Å². The van der Waals surface area contributed by atoms with Crippen molar-refractivity contribution in [2.75, 3.05) is 25.6 Å². The third-order valence-electron chi connectivity index (χ3n) is 2.81. The first-order valence-electron chi connectivity index (χ1n) is 6.58. The number of hydrogen-bond acceptors (Lipinski definition) is 5. The van der Waals surface area contributed by atoms with E-state index in [0.717, 1.165) is 18.1 Å². The number of nitrogens with one attached hydrogen (secondary N) is 2. The van der Waals surface area contributed by atoms with Crippen molar-refractivity contribution in [3.05, 3.63) is 11.1 Å². The molecular weight excluding hydrogens is 262 g/mol. The summed E-state index contributed by atoms with van der Waals surface area (Å²) in [7, 11) is 1.67. The maximum atomic E-state index is 12.1. The molecule has 108 valence electrons. The summed E-state index contributed by atoms with van der Waals surface area (Å²) in [5.41, 5.74) is 0. The Labute approximate surface area is 118 Å². The van der Waals surface area contributed by atoms with Crippen molar-refractivity contribution in [1.29, 1.82) is 0 Å². The average molecular weight is 285 g/mol. The van der Waals surface area contributed by atoms with Gasteiger partial charge in [-0.1, -0.05) is 25.2 Å². The molecule has 19 heavy (non-hydrogen) atoms. The molecule has 2 N–H and O–H groups in total. The van der Waals surface area contributed by atoms with Crippen LogP contribution in [0.5, 0.6) is 0 Å². The number of anilines is 1. The van der Waals surface area contributed by atoms with Crippen molar-refractivity contribution in [3.63, 3.8) is 0 Å². The highest BCUT2D eigenvalue weighted by Gasteiger charge is 2.18. The van der Waals surface area contributed by atoms with Gasteiger partial charge in [-0.3, -0.25) is 4.79 Å². The van der Waals surface area contributed by atoms with Crippen molar-refractivity contribution < 1.29 is 9.53 Å². The molecule has 0 saturated carbocycles. The van der Waals surface area contributed by atoms with Crippen LogP contribution in [0, 0.1) is 5.92 Å². The predicted octanol–water partition coefficient (Wildman–Crippen LogP) is 2.37. The molecule has 0 spiro atoms. The van der Waals surface area contributed by atoms with E-state index in [2.05, 4.69) is 29.5 Å². The summed E-state index contributed by atoms with van der Waals surface area (Å²) in [4.78, 5) is 16.9. The smallest absolute Gasteiger partial charge is 0.263 e. The third-order valence-corrected chi connectivity index (χ3v) is 3.77. The van der Waals surface area contributed by atoms with E-state index in [-0.39, 0.29) is 11.9 Å². The normalized spacial score (nSPS) is 12.5. The quantitative estimate of drug-likeness (QED) is 0.769. The van der Waals surface area contributed by atoms with Crippen molar-refractivity contribution in [3.8, 4) is 0 Å². The monoisotopic (exact) mass is 285 g/mol. The molecule has 0 unspecified atom stereocenters. The number of methoxy groups -OCH3 is 1. The van der Waals surface area contributed by atoms with Gasteiger partial charge in [0.15, 0.2) is 5.13 Å². The number of amides is 1. The third kappa shape index (κ3) is 5.16. The minimum atomic E-state index is -0.0588. The number of thiazole rings is 1. The Morgan fingerprint density at radius 1 is 1.53 bits per heavy atom. The number of aromatic nitrogens is 1. The number of hydrogen-bond donors (Lipinski definition) is 2. The van der Waals surface area contributed by atoms with Gasteiger partial charge < -0.3 is 15.4 Å². The molecule has 0 radical (unpaired) electrons. The second kappa shape index (κ2) is 8.12. The van der Waals surface area contributed by atoms with E-state index in [1.165, 1.54) is 11.3 Å². The zero-order valence-electron chi connectivity index (χ0n) is 12.0. The molecule has 0 aliphatic carbocycles. The number of rotatable bonds is 8. The van der Waals surface area contributed by atoms with Crippen LogP contribution >= 0.6 is 11.3 Å². The summed E-state index contributed by atoms with van der Waals surface area (Å²) in [6.07, 6.45) is 2.43. The Balaban J connectivity index is 2.59. The van der Waals surface area contributed by atoms with Crippen molar-refractivity contribution in [2.45, 2.75) is 33.2 Å². The van der Waals surface area contributed by atoms with Crippen LogP contribution in [0.25, 0.3) is 0 Å². The van der Waals surface area contributed by atoms with Crippen molar-refractivity contribution in [1.82, 2.24) is 10.3 Å². The molecule has 0 aromatic carbocycles. The summed E-state index contributed by atoms with van der Waals surface area (Å²) < 4.78 is 5.07. The second-order valence-electron chi connectivity index (χ2n) is 4.67. The lowest BCUT2D eigenvalue weighted by Crippen LogP contribution is -2.39. The fourth-order valence-corrected chi connectivity index (χ4v) is 2.46. The van der Waals surface area contributed by atoms with Crippen molar-refractivity contribution in [2.24, 2.45) is 5.92 Å². The fraction of sp³-hybridized carbons (Fsp3) is 0.692. The summed E-state index contributed by atoms with van der Waals surface area (Å²) >= 11 is 1.38. The minimum Gasteiger partial charge on any atom is -0.385 e. The molecule has 0 saturated heterocycles. The SMILES string of the molecule is CCNc1ncc(C(=O)N[C@@H](CCOC)C(C)C)s1. The molecule has 6 heteroatoms. The van der Waals surface area contributed by atoms with Gasteiger partial charge in [0.2, 0.25) is 0 Å². The van der Waals surface area contributed by atoms with Crippen LogP contribution in [0.15, 0.2) is 6.20 Å². The zero-order valence-corrected chi connectivity index (χ0v) is 12.8. The molecule has 1 rings (SSSR count). The molecule has 1 aromatic rings. The summed E-state index contributed by atoms with van der Waals surface area (Å²) in [5, 5.41) is 6.93. The van der Waals surface area contributed by atoms with Crippen molar-refractivity contribution >= 4 is 22.4 Å². The summed E-state index contributed by atoms with van der Waals surface area (Å²) in [5.74, 6) is 0.316. The maximum Gasteiger partial charge on any atom is 0.263 e. The van der Waals surface area contributed by atoms with Crippen LogP contribution in [0.4, 0.5) is 5.13 Å². The zero-order chi connectivity index (χ0) is 14.3. The summed E-state index contributed by atoms with van der Waals surface area (Å²) in [6, 6.07) is 0.122. The standard InChI is InChI=1S/C13H23N3O2S/c1-5-14-13-15-8-11(19-13)12(17)16-10(9(2)3)6-7-18-4/h8-10H,5-7H2,1-4H3,(H,14,15)(H,16,17)/t10-/m0/s1. The maximum absolute atomic E-state index is 12.1. The Hall–Kier alpha value is -1.14. The molecule has 5 nitrogen and oxygen atoms in total. The van der Waals surface area contributed by atoms with Gasteiger partial charge in [0.25, 0.3) is 5.91 Å². The molecule has 1 atom stereocenters. The Morgan fingerprint density at radius 2 is 2.26 bits per heavy atom. The molecular formula is C13H23N3O2S. The van der Waals surface area contributed by atoms with Crippen LogP contribution in [-0.2, 0) is 4.74 Å². The van der Waals surface area contributed by atoms with Gasteiger partial charge in [-0.15, -0.1) is 0 Å². The molecule has 0 fully saturated rings. The van der Waals surface area contributed by atoms with E-state index >= 15 is 0 Å². The lowest BCUT2D eigenvalue weighted by molar-refractivity contribution is 0.0913. The van der Waals surface area contributed by atoms with Gasteiger partial charge in [0.05, 0.1) is 6.20 Å². The molecule has 0 bridgehead atoms. The Morgan fingerprint density at radius 3 is 2.84 bits per heavy atom.